The number of hydrogen-bond donors (Lipinski definition) is 0. The number of nitrogens with zero attached hydrogens (tertiary/aromatic N) is 5. The van der Waals surface area contributed by atoms with Gasteiger partial charge in [0.1, 0.15) is 0 Å². The first-order chi connectivity index (χ1) is 27.7. The number of rotatable bonds is 6. The van der Waals surface area contributed by atoms with E-state index >= 15 is 0 Å². The van der Waals surface area contributed by atoms with Crippen molar-refractivity contribution >= 4 is 63.1 Å². The van der Waals surface area contributed by atoms with E-state index in [9.17, 15) is 0 Å². The first kappa shape index (κ1) is 32.5. The molecule has 0 N–H and O–H groups in total. The lowest BCUT2D eigenvalue weighted by Gasteiger charge is -2.09. The van der Waals surface area contributed by atoms with Gasteiger partial charge in [0.2, 0.25) is 0 Å². The van der Waals surface area contributed by atoms with Gasteiger partial charge in [0, 0.05) is 58.1 Å². The minimum Gasteiger partial charge on any atom is -0.226 e. The van der Waals surface area contributed by atoms with Crippen LogP contribution < -0.4 is 0 Å². The van der Waals surface area contributed by atoms with E-state index in [1.54, 1.807) is 22.7 Å². The Labute approximate surface area is 330 Å². The topological polar surface area (TPSA) is 64.5 Å². The van der Waals surface area contributed by atoms with Gasteiger partial charge in [-0.15, -0.1) is 22.7 Å². The maximum Gasteiger partial charge on any atom is 0.164 e. The smallest absolute Gasteiger partial charge is 0.164 e. The van der Waals surface area contributed by atoms with Crippen LogP contribution in [0.25, 0.3) is 108 Å². The number of hydrogen-bond acceptors (Lipinski definition) is 7. The first-order valence-corrected chi connectivity index (χ1v) is 20.0. The van der Waals surface area contributed by atoms with Crippen molar-refractivity contribution < 1.29 is 0 Å². The van der Waals surface area contributed by atoms with Gasteiger partial charge >= 0.3 is 0 Å². The molecule has 0 unspecified atom stereocenters. The molecule has 0 spiro atoms. The van der Waals surface area contributed by atoms with Crippen LogP contribution in [0.15, 0.2) is 176 Å². The molecule has 0 aliphatic rings. The quantitative estimate of drug-likeness (QED) is 0.169. The van der Waals surface area contributed by atoms with Gasteiger partial charge in [-0.3, -0.25) is 0 Å². The third kappa shape index (κ3) is 5.73. The molecule has 0 radical (unpaired) electrons. The van der Waals surface area contributed by atoms with Crippen molar-refractivity contribution in [1.82, 2.24) is 24.9 Å². The van der Waals surface area contributed by atoms with E-state index in [2.05, 4.69) is 109 Å². The summed E-state index contributed by atoms with van der Waals surface area (Å²) in [5.74, 6) is 2.66. The first-order valence-electron chi connectivity index (χ1n) is 18.4. The average molecular weight is 752 g/mol. The molecule has 5 nitrogen and oxygen atoms in total. The molecule has 262 valence electrons. The summed E-state index contributed by atoms with van der Waals surface area (Å²) in [5, 5.41) is 3.50. The fraction of sp³-hybridized carbons (Fsp3) is 0. The van der Waals surface area contributed by atoms with E-state index in [1.807, 2.05) is 66.7 Å². The lowest BCUT2D eigenvalue weighted by molar-refractivity contribution is 1.07. The molecule has 0 aliphatic heterocycles. The molecule has 7 heteroatoms. The van der Waals surface area contributed by atoms with Crippen LogP contribution >= 0.6 is 22.7 Å². The molecule has 0 saturated heterocycles. The van der Waals surface area contributed by atoms with E-state index in [0.717, 1.165) is 53.8 Å². The number of fused-ring (bicyclic) bond motifs is 6. The Morgan fingerprint density at radius 3 is 1.48 bits per heavy atom. The molecular formula is C49H29N5S2. The summed E-state index contributed by atoms with van der Waals surface area (Å²) in [5.41, 5.74) is 9.22. The Bertz CT molecular complexity index is 3170. The van der Waals surface area contributed by atoms with E-state index in [1.165, 1.54) is 31.3 Å². The van der Waals surface area contributed by atoms with Crippen LogP contribution in [0.3, 0.4) is 0 Å². The predicted octanol–water partition coefficient (Wildman–Crippen LogP) is 13.4. The van der Waals surface area contributed by atoms with Crippen LogP contribution in [0.4, 0.5) is 0 Å². The molecule has 0 fully saturated rings. The van der Waals surface area contributed by atoms with Crippen LogP contribution in [0.2, 0.25) is 0 Å². The van der Waals surface area contributed by atoms with Crippen molar-refractivity contribution in [2.75, 3.05) is 0 Å². The fourth-order valence-corrected chi connectivity index (χ4v) is 9.64. The van der Waals surface area contributed by atoms with E-state index in [-0.39, 0.29) is 0 Å². The standard InChI is InChI=1S/C49H29N5S2/c1-4-12-30(13-5-1)31-20-22-32(23-21-31)43-45-44(38-18-10-11-19-40(38)56-45)51-48(50-43)35-25-27-41-39(28-35)37-26-24-36(29-42(37)55-41)49-53-46(33-14-6-2-7-15-33)52-47(54-49)34-16-8-3-9-17-34/h1-29H. The van der Waals surface area contributed by atoms with Crippen molar-refractivity contribution in [3.05, 3.63) is 176 Å². The lowest BCUT2D eigenvalue weighted by atomic mass is 10.0. The summed E-state index contributed by atoms with van der Waals surface area (Å²) >= 11 is 3.52. The highest BCUT2D eigenvalue weighted by molar-refractivity contribution is 7.26. The van der Waals surface area contributed by atoms with E-state index in [0.29, 0.717) is 23.3 Å². The van der Waals surface area contributed by atoms with Crippen LogP contribution in [0.5, 0.6) is 0 Å². The zero-order chi connectivity index (χ0) is 37.0. The molecule has 0 aliphatic carbocycles. The summed E-state index contributed by atoms with van der Waals surface area (Å²) in [6, 6.07) is 61.0. The van der Waals surface area contributed by atoms with Gasteiger partial charge in [0.05, 0.1) is 15.9 Å². The largest absolute Gasteiger partial charge is 0.226 e. The van der Waals surface area contributed by atoms with Crippen LogP contribution in [-0.4, -0.2) is 24.9 Å². The molecule has 0 amide bonds. The Morgan fingerprint density at radius 2 is 0.786 bits per heavy atom. The van der Waals surface area contributed by atoms with Gasteiger partial charge in [0.25, 0.3) is 0 Å². The summed E-state index contributed by atoms with van der Waals surface area (Å²) in [4.78, 5) is 25.4. The second-order valence-electron chi connectivity index (χ2n) is 13.7. The highest BCUT2D eigenvalue weighted by Gasteiger charge is 2.19. The second-order valence-corrected chi connectivity index (χ2v) is 15.8. The van der Waals surface area contributed by atoms with Gasteiger partial charge < -0.3 is 0 Å². The summed E-state index contributed by atoms with van der Waals surface area (Å²) in [6.07, 6.45) is 0. The monoisotopic (exact) mass is 751 g/mol. The van der Waals surface area contributed by atoms with Crippen molar-refractivity contribution in [3.63, 3.8) is 0 Å². The molecule has 0 bridgehead atoms. The summed E-state index contributed by atoms with van der Waals surface area (Å²) in [6.45, 7) is 0. The molecule has 4 aromatic heterocycles. The highest BCUT2D eigenvalue weighted by atomic mass is 32.1. The number of aromatic nitrogens is 5. The molecule has 11 rings (SSSR count). The molecule has 0 atom stereocenters. The summed E-state index contributed by atoms with van der Waals surface area (Å²) in [7, 11) is 0. The molecular weight excluding hydrogens is 723 g/mol. The average Bonchev–Trinajstić information content (AvgIpc) is 3.84. The van der Waals surface area contributed by atoms with Crippen molar-refractivity contribution in [1.29, 1.82) is 0 Å². The summed E-state index contributed by atoms with van der Waals surface area (Å²) < 4.78 is 4.67. The van der Waals surface area contributed by atoms with Crippen molar-refractivity contribution in [3.8, 4) is 67.9 Å². The van der Waals surface area contributed by atoms with Gasteiger partial charge in [-0.2, -0.15) is 0 Å². The SMILES string of the molecule is c1ccc(-c2ccc(-c3nc(-c4ccc5sc6cc(-c7nc(-c8ccccc8)nc(-c8ccccc8)n7)ccc6c5c4)nc4c3sc3ccccc34)cc2)cc1. The highest BCUT2D eigenvalue weighted by Crippen LogP contribution is 2.42. The minimum atomic E-state index is 0.645. The van der Waals surface area contributed by atoms with Crippen molar-refractivity contribution in [2.24, 2.45) is 0 Å². The number of thiophene rings is 2. The van der Waals surface area contributed by atoms with Gasteiger partial charge in [-0.25, -0.2) is 24.9 Å². The normalized spacial score (nSPS) is 11.6. The molecule has 56 heavy (non-hydrogen) atoms. The maximum absolute atomic E-state index is 5.31. The van der Waals surface area contributed by atoms with Crippen LogP contribution in [0.1, 0.15) is 0 Å². The lowest BCUT2D eigenvalue weighted by Crippen LogP contribution is -1.99. The van der Waals surface area contributed by atoms with Gasteiger partial charge in [0.15, 0.2) is 23.3 Å². The second kappa shape index (κ2) is 13.4. The Balaban J connectivity index is 1.02. The van der Waals surface area contributed by atoms with E-state index in [4.69, 9.17) is 24.9 Å². The van der Waals surface area contributed by atoms with Crippen LogP contribution in [-0.2, 0) is 0 Å². The Kier molecular flexibility index (Phi) is 7.79. The third-order valence-electron chi connectivity index (χ3n) is 10.2. The zero-order valence-electron chi connectivity index (χ0n) is 29.8. The Morgan fingerprint density at radius 1 is 0.286 bits per heavy atom. The fourth-order valence-electron chi connectivity index (χ4n) is 7.36. The Hall–Kier alpha value is -6.93. The maximum atomic E-state index is 5.31. The predicted molar refractivity (Wildman–Crippen MR) is 234 cm³/mol. The molecule has 7 aromatic carbocycles. The van der Waals surface area contributed by atoms with Crippen molar-refractivity contribution in [2.45, 2.75) is 0 Å². The third-order valence-corrected chi connectivity index (χ3v) is 12.5. The van der Waals surface area contributed by atoms with Crippen LogP contribution in [0, 0.1) is 0 Å². The zero-order valence-corrected chi connectivity index (χ0v) is 31.4. The molecule has 11 aromatic rings. The molecule has 4 heterocycles. The molecule has 0 saturated carbocycles. The van der Waals surface area contributed by atoms with E-state index < -0.39 is 0 Å². The minimum absolute atomic E-state index is 0.645. The van der Waals surface area contributed by atoms with Gasteiger partial charge in [-0.05, 0) is 41.5 Å². The van der Waals surface area contributed by atoms with Gasteiger partial charge in [-0.1, -0.05) is 146 Å². The number of benzene rings is 7.